The third kappa shape index (κ3) is 3.90. The van der Waals surface area contributed by atoms with E-state index in [9.17, 15) is 4.79 Å². The minimum absolute atomic E-state index is 0.193. The second-order valence-electron chi connectivity index (χ2n) is 7.37. The van der Waals surface area contributed by atoms with Crippen LogP contribution in [0.2, 0.25) is 5.02 Å². The summed E-state index contributed by atoms with van der Waals surface area (Å²) in [4.78, 5) is 25.1. The number of H-pyrrole nitrogens is 1. The van der Waals surface area contributed by atoms with E-state index in [4.69, 9.17) is 16.6 Å². The van der Waals surface area contributed by atoms with E-state index in [1.807, 2.05) is 65.4 Å². The molecule has 154 valence electrons. The average Bonchev–Trinajstić information content (AvgIpc) is 3.43. The third-order valence-electron chi connectivity index (χ3n) is 5.26. The predicted octanol–water partition coefficient (Wildman–Crippen LogP) is 5.05. The maximum absolute atomic E-state index is 12.9. The molecule has 3 aromatic heterocycles. The van der Waals surface area contributed by atoms with Crippen LogP contribution < -0.4 is 5.32 Å². The summed E-state index contributed by atoms with van der Waals surface area (Å²) in [7, 11) is 0. The highest BCUT2D eigenvalue weighted by molar-refractivity contribution is 6.31. The van der Waals surface area contributed by atoms with Gasteiger partial charge in [0.05, 0.1) is 17.5 Å². The third-order valence-corrected chi connectivity index (χ3v) is 5.50. The first kappa shape index (κ1) is 19.3. The van der Waals surface area contributed by atoms with Crippen molar-refractivity contribution in [1.29, 1.82) is 0 Å². The Hall–Kier alpha value is -3.64. The molecule has 0 aliphatic heterocycles. The Kier molecular flexibility index (Phi) is 5.14. The van der Waals surface area contributed by atoms with Gasteiger partial charge < -0.3 is 14.9 Å². The number of hydrogen-bond acceptors (Lipinski definition) is 3. The number of hydrogen-bond donors (Lipinski definition) is 2. The molecule has 2 N–H and O–H groups in total. The van der Waals surface area contributed by atoms with Crippen LogP contribution >= 0.6 is 11.6 Å². The topological polar surface area (TPSA) is 75.6 Å². The molecule has 0 saturated heterocycles. The Morgan fingerprint density at radius 3 is 2.84 bits per heavy atom. The van der Waals surface area contributed by atoms with Crippen LogP contribution in [0.15, 0.2) is 73.3 Å². The largest absolute Gasteiger partial charge is 0.353 e. The van der Waals surface area contributed by atoms with Crippen molar-refractivity contribution in [2.45, 2.75) is 13.0 Å². The number of nitrogens with one attached hydrogen (secondary N) is 2. The summed E-state index contributed by atoms with van der Waals surface area (Å²) in [5, 5.41) is 5.62. The molecule has 0 radical (unpaired) electrons. The van der Waals surface area contributed by atoms with Gasteiger partial charge in [0.25, 0.3) is 5.91 Å². The SMILES string of the molecule is O=C(NCCCn1ccnc1)c1cc2c([nH]c3ccccc32)c(-c2cccc(Cl)c2)n1. The van der Waals surface area contributed by atoms with E-state index in [2.05, 4.69) is 15.3 Å². The molecule has 0 atom stereocenters. The number of imidazole rings is 1. The smallest absolute Gasteiger partial charge is 0.269 e. The molecule has 0 aliphatic rings. The van der Waals surface area contributed by atoms with Crippen LogP contribution in [0.4, 0.5) is 0 Å². The fraction of sp³-hybridized carbons (Fsp3) is 0.125. The number of fused-ring (bicyclic) bond motifs is 3. The first-order valence-electron chi connectivity index (χ1n) is 10.1. The zero-order chi connectivity index (χ0) is 21.2. The molecule has 5 aromatic rings. The minimum Gasteiger partial charge on any atom is -0.353 e. The summed E-state index contributed by atoms with van der Waals surface area (Å²) in [5.41, 5.74) is 3.84. The summed E-state index contributed by atoms with van der Waals surface area (Å²) in [6, 6.07) is 17.4. The van der Waals surface area contributed by atoms with Gasteiger partial charge in [0.2, 0.25) is 0 Å². The maximum Gasteiger partial charge on any atom is 0.269 e. The average molecular weight is 430 g/mol. The molecule has 0 unspecified atom stereocenters. The van der Waals surface area contributed by atoms with Crippen molar-refractivity contribution >= 4 is 39.3 Å². The van der Waals surface area contributed by atoms with Crippen LogP contribution in [0.25, 0.3) is 33.1 Å². The van der Waals surface area contributed by atoms with Gasteiger partial charge in [-0.2, -0.15) is 0 Å². The van der Waals surface area contributed by atoms with Crippen molar-refractivity contribution in [2.75, 3.05) is 6.54 Å². The fourth-order valence-electron chi connectivity index (χ4n) is 3.78. The first-order chi connectivity index (χ1) is 15.2. The molecule has 0 spiro atoms. The summed E-state index contributed by atoms with van der Waals surface area (Å²) in [6.07, 6.45) is 6.23. The zero-order valence-electron chi connectivity index (χ0n) is 16.7. The number of amides is 1. The second kappa shape index (κ2) is 8.24. The number of rotatable bonds is 6. The lowest BCUT2D eigenvalue weighted by Gasteiger charge is -2.09. The van der Waals surface area contributed by atoms with Crippen LogP contribution in [-0.4, -0.2) is 32.0 Å². The van der Waals surface area contributed by atoms with Gasteiger partial charge in [-0.1, -0.05) is 41.9 Å². The quantitative estimate of drug-likeness (QED) is 0.371. The molecule has 3 heterocycles. The van der Waals surface area contributed by atoms with Crippen LogP contribution in [0.1, 0.15) is 16.9 Å². The molecule has 0 fully saturated rings. The highest BCUT2D eigenvalue weighted by atomic mass is 35.5. The van der Waals surface area contributed by atoms with Crippen LogP contribution in [0.3, 0.4) is 0 Å². The van der Waals surface area contributed by atoms with Gasteiger partial charge in [0.15, 0.2) is 0 Å². The number of aromatic amines is 1. The number of pyridine rings is 1. The zero-order valence-corrected chi connectivity index (χ0v) is 17.4. The van der Waals surface area contributed by atoms with Crippen molar-refractivity contribution in [2.24, 2.45) is 0 Å². The van der Waals surface area contributed by atoms with Crippen molar-refractivity contribution in [3.63, 3.8) is 0 Å². The monoisotopic (exact) mass is 429 g/mol. The van der Waals surface area contributed by atoms with Gasteiger partial charge in [-0.25, -0.2) is 9.97 Å². The van der Waals surface area contributed by atoms with Crippen LogP contribution in [0, 0.1) is 0 Å². The highest BCUT2D eigenvalue weighted by Crippen LogP contribution is 2.33. The number of carbonyl (C=O) groups is 1. The van der Waals surface area contributed by atoms with E-state index in [0.717, 1.165) is 40.3 Å². The van der Waals surface area contributed by atoms with Crippen molar-refractivity contribution < 1.29 is 4.79 Å². The minimum atomic E-state index is -0.193. The number of para-hydroxylation sites is 1. The van der Waals surface area contributed by atoms with Gasteiger partial charge in [-0.15, -0.1) is 0 Å². The van der Waals surface area contributed by atoms with Gasteiger partial charge in [-0.05, 0) is 30.7 Å². The summed E-state index contributed by atoms with van der Waals surface area (Å²) in [5.74, 6) is -0.193. The van der Waals surface area contributed by atoms with Gasteiger partial charge >= 0.3 is 0 Å². The summed E-state index contributed by atoms with van der Waals surface area (Å²) < 4.78 is 1.99. The lowest BCUT2D eigenvalue weighted by molar-refractivity contribution is 0.0948. The predicted molar refractivity (Wildman–Crippen MR) is 123 cm³/mol. The Labute approximate surface area is 183 Å². The number of halogens is 1. The van der Waals surface area contributed by atoms with Crippen molar-refractivity contribution in [3.05, 3.63) is 84.0 Å². The van der Waals surface area contributed by atoms with Gasteiger partial charge in [0.1, 0.15) is 5.69 Å². The van der Waals surface area contributed by atoms with E-state index in [1.165, 1.54) is 0 Å². The number of benzene rings is 2. The second-order valence-corrected chi connectivity index (χ2v) is 7.81. The Bertz CT molecular complexity index is 1370. The lowest BCUT2D eigenvalue weighted by Crippen LogP contribution is -2.26. The number of aromatic nitrogens is 4. The van der Waals surface area contributed by atoms with E-state index in [0.29, 0.717) is 23.0 Å². The van der Waals surface area contributed by atoms with Crippen molar-refractivity contribution in [3.8, 4) is 11.3 Å². The Balaban J connectivity index is 1.50. The Morgan fingerprint density at radius 2 is 2.00 bits per heavy atom. The molecule has 5 rings (SSSR count). The molecule has 0 saturated carbocycles. The van der Waals surface area contributed by atoms with E-state index in [1.54, 1.807) is 12.5 Å². The van der Waals surface area contributed by atoms with E-state index in [-0.39, 0.29) is 5.91 Å². The van der Waals surface area contributed by atoms with Crippen LogP contribution in [-0.2, 0) is 6.54 Å². The van der Waals surface area contributed by atoms with E-state index >= 15 is 0 Å². The maximum atomic E-state index is 12.9. The molecule has 6 nitrogen and oxygen atoms in total. The summed E-state index contributed by atoms with van der Waals surface area (Å²) in [6.45, 7) is 1.35. The molecular weight excluding hydrogens is 410 g/mol. The van der Waals surface area contributed by atoms with Gasteiger partial charge in [0, 0.05) is 52.4 Å². The lowest BCUT2D eigenvalue weighted by atomic mass is 10.1. The number of aryl methyl sites for hydroxylation is 1. The molecular formula is C24H20ClN5O. The highest BCUT2D eigenvalue weighted by Gasteiger charge is 2.17. The fourth-order valence-corrected chi connectivity index (χ4v) is 3.97. The Morgan fingerprint density at radius 1 is 1.10 bits per heavy atom. The molecule has 0 aliphatic carbocycles. The normalized spacial score (nSPS) is 11.3. The molecule has 31 heavy (non-hydrogen) atoms. The number of carbonyl (C=O) groups excluding carboxylic acids is 1. The van der Waals surface area contributed by atoms with Crippen LogP contribution in [0.5, 0.6) is 0 Å². The van der Waals surface area contributed by atoms with E-state index < -0.39 is 0 Å². The summed E-state index contributed by atoms with van der Waals surface area (Å²) >= 11 is 6.23. The number of nitrogens with zero attached hydrogens (tertiary/aromatic N) is 3. The standard InChI is InChI=1S/C24H20ClN5O/c25-17-6-3-5-16(13-17)22-23-19(18-7-1-2-8-20(18)28-23)14-21(29-22)24(31)27-9-4-11-30-12-10-26-15-30/h1-3,5-8,10,12-15,28H,4,9,11H2,(H,27,31). The van der Waals surface area contributed by atoms with Crippen molar-refractivity contribution in [1.82, 2.24) is 24.8 Å². The molecule has 7 heteroatoms. The molecule has 1 amide bonds. The molecule has 0 bridgehead atoms. The first-order valence-corrected chi connectivity index (χ1v) is 10.5. The van der Waals surface area contributed by atoms with Gasteiger partial charge in [-0.3, -0.25) is 4.79 Å². The molecule has 2 aromatic carbocycles.